The van der Waals surface area contributed by atoms with E-state index in [2.05, 4.69) is 15.6 Å². The monoisotopic (exact) mass is 289 g/mol. The molecule has 1 aromatic rings. The van der Waals surface area contributed by atoms with Gasteiger partial charge < -0.3 is 10.6 Å². The highest BCUT2D eigenvalue weighted by Crippen LogP contribution is 2.15. The van der Waals surface area contributed by atoms with Gasteiger partial charge in [0, 0.05) is 25.4 Å². The zero-order chi connectivity index (χ0) is 14.3. The van der Waals surface area contributed by atoms with E-state index in [0.717, 1.165) is 17.5 Å². The van der Waals surface area contributed by atoms with Crippen LogP contribution >= 0.6 is 12.2 Å². The number of pyridine rings is 1. The van der Waals surface area contributed by atoms with Gasteiger partial charge in [-0.05, 0) is 30.7 Å². The third kappa shape index (κ3) is 7.40. The van der Waals surface area contributed by atoms with E-state index in [1.54, 1.807) is 6.20 Å². The first kappa shape index (κ1) is 15.4. The van der Waals surface area contributed by atoms with Crippen molar-refractivity contribution in [3.05, 3.63) is 36.0 Å². The van der Waals surface area contributed by atoms with E-state index in [-0.39, 0.29) is 11.1 Å². The van der Waals surface area contributed by atoms with Gasteiger partial charge in [0.1, 0.15) is 5.82 Å². The summed E-state index contributed by atoms with van der Waals surface area (Å²) in [7, 11) is 0. The molecule has 0 unspecified atom stereocenters. The highest BCUT2D eigenvalue weighted by Gasteiger charge is 2.21. The van der Waals surface area contributed by atoms with Crippen molar-refractivity contribution in [1.82, 2.24) is 10.3 Å². The number of nitrogens with one attached hydrogen (secondary N) is 2. The zero-order valence-electron chi connectivity index (χ0n) is 10.3. The number of anilines is 1. The minimum atomic E-state index is -4.34. The van der Waals surface area contributed by atoms with Crippen LogP contribution in [0, 0.1) is 6.92 Å². The largest absolute Gasteiger partial charge is 0.409 e. The normalized spacial score (nSPS) is 11.6. The molecule has 1 rings (SSSR count). The SMILES string of the molecule is Cc1ccnc(NCCNC(=S)C=CC(F)(F)F)c1. The predicted molar refractivity (Wildman–Crippen MR) is 73.3 cm³/mol. The van der Waals surface area contributed by atoms with Gasteiger partial charge in [0.2, 0.25) is 0 Å². The average molecular weight is 289 g/mol. The Kier molecular flexibility index (Phi) is 5.75. The number of hydrogen-bond donors (Lipinski definition) is 2. The molecular weight excluding hydrogens is 275 g/mol. The molecule has 2 N–H and O–H groups in total. The average Bonchev–Trinajstić information content (AvgIpc) is 2.31. The maximum absolute atomic E-state index is 11.9. The maximum atomic E-state index is 11.9. The lowest BCUT2D eigenvalue weighted by Crippen LogP contribution is -2.26. The molecule has 104 valence electrons. The number of aryl methyl sites for hydroxylation is 1. The predicted octanol–water partition coefficient (Wildman–Crippen LogP) is 2.84. The molecule has 1 aromatic heterocycles. The van der Waals surface area contributed by atoms with Crippen LogP contribution in [0.1, 0.15) is 5.56 Å². The topological polar surface area (TPSA) is 37.0 Å². The standard InChI is InChI=1S/C12H14F3N3S/c1-9-3-5-16-10(8-9)17-6-7-18-11(19)2-4-12(13,14)15/h2-5,8H,6-7H2,1H3,(H,16,17)(H,18,19). The van der Waals surface area contributed by atoms with Crippen LogP contribution in [0.25, 0.3) is 0 Å². The Balaban J connectivity index is 2.24. The third-order valence-electron chi connectivity index (χ3n) is 2.07. The number of nitrogens with zero attached hydrogens (tertiary/aromatic N) is 1. The first-order chi connectivity index (χ1) is 8.87. The number of allylic oxidation sites excluding steroid dienone is 1. The van der Waals surface area contributed by atoms with E-state index in [1.807, 2.05) is 19.1 Å². The summed E-state index contributed by atoms with van der Waals surface area (Å²) in [5.74, 6) is 0.721. The second kappa shape index (κ2) is 7.08. The van der Waals surface area contributed by atoms with E-state index in [4.69, 9.17) is 12.2 Å². The van der Waals surface area contributed by atoms with Crippen molar-refractivity contribution >= 4 is 23.0 Å². The van der Waals surface area contributed by atoms with Gasteiger partial charge in [-0.1, -0.05) is 12.2 Å². The molecule has 0 fully saturated rings. The van der Waals surface area contributed by atoms with Crippen LogP contribution in [-0.2, 0) is 0 Å². The van der Waals surface area contributed by atoms with Crippen molar-refractivity contribution < 1.29 is 13.2 Å². The molecule has 0 saturated heterocycles. The Labute approximate surface area is 114 Å². The number of alkyl halides is 3. The van der Waals surface area contributed by atoms with Crippen LogP contribution in [0.3, 0.4) is 0 Å². The summed E-state index contributed by atoms with van der Waals surface area (Å²) in [6.07, 6.45) is -1.71. The van der Waals surface area contributed by atoms with Gasteiger partial charge in [-0.2, -0.15) is 13.2 Å². The van der Waals surface area contributed by atoms with Gasteiger partial charge >= 0.3 is 6.18 Å². The van der Waals surface area contributed by atoms with Crippen LogP contribution in [0.2, 0.25) is 0 Å². The van der Waals surface area contributed by atoms with Crippen LogP contribution in [0.5, 0.6) is 0 Å². The minimum Gasteiger partial charge on any atom is -0.375 e. The van der Waals surface area contributed by atoms with Crippen LogP contribution in [0.15, 0.2) is 30.5 Å². The summed E-state index contributed by atoms with van der Waals surface area (Å²) >= 11 is 4.73. The van der Waals surface area contributed by atoms with Gasteiger partial charge in [-0.25, -0.2) is 4.98 Å². The molecule has 0 atom stereocenters. The number of halogens is 3. The molecule has 0 radical (unpaired) electrons. The maximum Gasteiger partial charge on any atom is 0.409 e. The first-order valence-corrected chi connectivity index (χ1v) is 5.98. The molecule has 3 nitrogen and oxygen atoms in total. The summed E-state index contributed by atoms with van der Waals surface area (Å²) in [4.78, 5) is 4.14. The fourth-order valence-corrected chi connectivity index (χ4v) is 1.41. The summed E-state index contributed by atoms with van der Waals surface area (Å²) in [6.45, 7) is 2.87. The van der Waals surface area contributed by atoms with Crippen molar-refractivity contribution in [3.63, 3.8) is 0 Å². The quantitative estimate of drug-likeness (QED) is 0.496. The molecule has 0 saturated carbocycles. The van der Waals surface area contributed by atoms with Crippen LogP contribution in [0.4, 0.5) is 19.0 Å². The van der Waals surface area contributed by atoms with Crippen molar-refractivity contribution in [1.29, 1.82) is 0 Å². The lowest BCUT2D eigenvalue weighted by Gasteiger charge is -2.07. The van der Waals surface area contributed by atoms with E-state index >= 15 is 0 Å². The van der Waals surface area contributed by atoms with Gasteiger partial charge in [-0.3, -0.25) is 0 Å². The van der Waals surface area contributed by atoms with Crippen molar-refractivity contribution in [2.24, 2.45) is 0 Å². The smallest absolute Gasteiger partial charge is 0.375 e. The molecule has 0 bridgehead atoms. The van der Waals surface area contributed by atoms with Gasteiger partial charge in [0.05, 0.1) is 4.99 Å². The van der Waals surface area contributed by atoms with Gasteiger partial charge in [0.25, 0.3) is 0 Å². The van der Waals surface area contributed by atoms with Crippen molar-refractivity contribution in [2.75, 3.05) is 18.4 Å². The summed E-state index contributed by atoms with van der Waals surface area (Å²) in [6, 6.07) is 3.75. The zero-order valence-corrected chi connectivity index (χ0v) is 11.1. The number of hydrogen-bond acceptors (Lipinski definition) is 3. The lowest BCUT2D eigenvalue weighted by atomic mass is 10.3. The number of rotatable bonds is 5. The molecule has 0 spiro atoms. The molecule has 0 aliphatic heterocycles. The van der Waals surface area contributed by atoms with E-state index in [0.29, 0.717) is 13.1 Å². The van der Waals surface area contributed by atoms with Gasteiger partial charge in [0.15, 0.2) is 0 Å². The van der Waals surface area contributed by atoms with Crippen LogP contribution in [-0.4, -0.2) is 29.2 Å². The van der Waals surface area contributed by atoms with Crippen LogP contribution < -0.4 is 10.6 Å². The highest BCUT2D eigenvalue weighted by atomic mass is 32.1. The Hall–Kier alpha value is -1.63. The van der Waals surface area contributed by atoms with Gasteiger partial charge in [-0.15, -0.1) is 0 Å². The first-order valence-electron chi connectivity index (χ1n) is 5.57. The fraction of sp³-hybridized carbons (Fsp3) is 0.333. The Morgan fingerprint density at radius 1 is 1.42 bits per heavy atom. The molecular formula is C12H14F3N3S. The van der Waals surface area contributed by atoms with E-state index in [1.165, 1.54) is 0 Å². The minimum absolute atomic E-state index is 0.0522. The second-order valence-corrected chi connectivity index (χ2v) is 4.25. The van der Waals surface area contributed by atoms with E-state index in [9.17, 15) is 13.2 Å². The highest BCUT2D eigenvalue weighted by molar-refractivity contribution is 7.80. The Morgan fingerprint density at radius 2 is 2.16 bits per heavy atom. The Morgan fingerprint density at radius 3 is 2.79 bits per heavy atom. The van der Waals surface area contributed by atoms with E-state index < -0.39 is 6.18 Å². The summed E-state index contributed by atoms with van der Waals surface area (Å²) in [5.41, 5.74) is 1.08. The second-order valence-electron chi connectivity index (χ2n) is 3.81. The fourth-order valence-electron chi connectivity index (χ4n) is 1.24. The van der Waals surface area contributed by atoms with Crippen molar-refractivity contribution in [3.8, 4) is 0 Å². The molecule has 0 aliphatic rings. The number of aromatic nitrogens is 1. The number of thiocarbonyl (C=S) groups is 1. The molecule has 0 aliphatic carbocycles. The molecule has 0 aromatic carbocycles. The summed E-state index contributed by atoms with van der Waals surface area (Å²) in [5, 5.41) is 5.73. The lowest BCUT2D eigenvalue weighted by molar-refractivity contribution is -0.0797. The molecule has 1 heterocycles. The molecule has 7 heteroatoms. The molecule has 19 heavy (non-hydrogen) atoms. The molecule has 0 amide bonds. The Bertz CT molecular complexity index is 458. The summed E-state index contributed by atoms with van der Waals surface area (Å²) < 4.78 is 35.6. The van der Waals surface area contributed by atoms with Crippen molar-refractivity contribution in [2.45, 2.75) is 13.1 Å². The third-order valence-corrected chi connectivity index (χ3v) is 2.35.